The molecular formula is C16H24N2O. The SMILES string of the molecule is CCN1C(=O)CCC(N)C1c1cc(C)c(C)cc1C. The summed E-state index contributed by atoms with van der Waals surface area (Å²) in [7, 11) is 0. The summed E-state index contributed by atoms with van der Waals surface area (Å²) < 4.78 is 0. The number of hydrogen-bond acceptors (Lipinski definition) is 2. The summed E-state index contributed by atoms with van der Waals surface area (Å²) in [6.45, 7) is 9.10. The highest BCUT2D eigenvalue weighted by Crippen LogP contribution is 2.33. The number of hydrogen-bond donors (Lipinski definition) is 1. The second-order valence-corrected chi connectivity index (χ2v) is 5.62. The Hall–Kier alpha value is -1.35. The average Bonchev–Trinajstić information content (AvgIpc) is 2.36. The van der Waals surface area contributed by atoms with Crippen LogP contribution in [-0.2, 0) is 4.79 Å². The van der Waals surface area contributed by atoms with Crippen LogP contribution in [0.4, 0.5) is 0 Å². The van der Waals surface area contributed by atoms with Crippen LogP contribution in [0.1, 0.15) is 48.1 Å². The summed E-state index contributed by atoms with van der Waals surface area (Å²) in [5.41, 5.74) is 11.3. The number of likely N-dealkylation sites (N-methyl/N-ethyl adjacent to an activating group) is 1. The van der Waals surface area contributed by atoms with Gasteiger partial charge in [0.25, 0.3) is 0 Å². The molecule has 3 heteroatoms. The zero-order chi connectivity index (χ0) is 14.2. The predicted molar refractivity (Wildman–Crippen MR) is 78.0 cm³/mol. The summed E-state index contributed by atoms with van der Waals surface area (Å²) in [5, 5.41) is 0. The lowest BCUT2D eigenvalue weighted by Crippen LogP contribution is -2.48. The van der Waals surface area contributed by atoms with Crippen molar-refractivity contribution in [2.24, 2.45) is 5.73 Å². The molecule has 0 radical (unpaired) electrons. The van der Waals surface area contributed by atoms with Crippen molar-refractivity contribution in [3.8, 4) is 0 Å². The predicted octanol–water partition coefficient (Wildman–Crippen LogP) is 2.62. The van der Waals surface area contributed by atoms with Gasteiger partial charge in [0.2, 0.25) is 5.91 Å². The number of likely N-dealkylation sites (tertiary alicyclic amines) is 1. The topological polar surface area (TPSA) is 46.3 Å². The molecule has 2 rings (SSSR count). The summed E-state index contributed by atoms with van der Waals surface area (Å²) in [5.74, 6) is 0.229. The van der Waals surface area contributed by atoms with Gasteiger partial charge in [-0.2, -0.15) is 0 Å². The Morgan fingerprint density at radius 2 is 1.84 bits per heavy atom. The van der Waals surface area contributed by atoms with Crippen LogP contribution in [0.3, 0.4) is 0 Å². The molecule has 1 amide bonds. The van der Waals surface area contributed by atoms with Gasteiger partial charge in [-0.25, -0.2) is 0 Å². The van der Waals surface area contributed by atoms with E-state index in [1.165, 1.54) is 22.3 Å². The van der Waals surface area contributed by atoms with E-state index in [2.05, 4.69) is 32.9 Å². The zero-order valence-corrected chi connectivity index (χ0v) is 12.4. The number of nitrogens with zero attached hydrogens (tertiary/aromatic N) is 1. The van der Waals surface area contributed by atoms with Gasteiger partial charge in [0.15, 0.2) is 0 Å². The second-order valence-electron chi connectivity index (χ2n) is 5.62. The van der Waals surface area contributed by atoms with E-state index in [4.69, 9.17) is 5.73 Å². The molecule has 2 atom stereocenters. The highest BCUT2D eigenvalue weighted by molar-refractivity contribution is 5.78. The first-order valence-corrected chi connectivity index (χ1v) is 7.08. The molecule has 104 valence electrons. The first-order valence-electron chi connectivity index (χ1n) is 7.08. The summed E-state index contributed by atoms with van der Waals surface area (Å²) >= 11 is 0. The lowest BCUT2D eigenvalue weighted by atomic mass is 9.86. The van der Waals surface area contributed by atoms with Crippen LogP contribution in [0.15, 0.2) is 12.1 Å². The molecule has 0 spiro atoms. The third kappa shape index (κ3) is 2.52. The van der Waals surface area contributed by atoms with Crippen molar-refractivity contribution in [3.05, 3.63) is 34.4 Å². The quantitative estimate of drug-likeness (QED) is 0.888. The number of piperidine rings is 1. The highest BCUT2D eigenvalue weighted by atomic mass is 16.2. The Morgan fingerprint density at radius 1 is 1.21 bits per heavy atom. The van der Waals surface area contributed by atoms with Gasteiger partial charge in [-0.15, -0.1) is 0 Å². The lowest BCUT2D eigenvalue weighted by Gasteiger charge is -2.40. The molecule has 1 heterocycles. The Bertz CT molecular complexity index is 496. The molecule has 1 aromatic rings. The summed E-state index contributed by atoms with van der Waals surface area (Å²) in [6.07, 6.45) is 1.36. The number of rotatable bonds is 2. The van der Waals surface area contributed by atoms with Crippen molar-refractivity contribution in [2.75, 3.05) is 6.54 Å². The van der Waals surface area contributed by atoms with E-state index >= 15 is 0 Å². The Morgan fingerprint density at radius 3 is 2.47 bits per heavy atom. The molecule has 0 aromatic heterocycles. The van der Waals surface area contributed by atoms with Gasteiger partial charge in [-0.3, -0.25) is 4.79 Å². The maximum Gasteiger partial charge on any atom is 0.223 e. The van der Waals surface area contributed by atoms with E-state index in [9.17, 15) is 4.79 Å². The molecule has 2 unspecified atom stereocenters. The van der Waals surface area contributed by atoms with Crippen LogP contribution >= 0.6 is 0 Å². The first kappa shape index (κ1) is 14.1. The lowest BCUT2D eigenvalue weighted by molar-refractivity contribution is -0.137. The Balaban J connectivity index is 2.47. The van der Waals surface area contributed by atoms with Crippen LogP contribution in [0.5, 0.6) is 0 Å². The van der Waals surface area contributed by atoms with Crippen LogP contribution < -0.4 is 5.73 Å². The average molecular weight is 260 g/mol. The van der Waals surface area contributed by atoms with Crippen molar-refractivity contribution in [1.29, 1.82) is 0 Å². The van der Waals surface area contributed by atoms with Crippen molar-refractivity contribution in [3.63, 3.8) is 0 Å². The van der Waals surface area contributed by atoms with E-state index in [-0.39, 0.29) is 18.0 Å². The molecular weight excluding hydrogens is 236 g/mol. The van der Waals surface area contributed by atoms with Gasteiger partial charge in [-0.05, 0) is 56.4 Å². The molecule has 1 fully saturated rings. The van der Waals surface area contributed by atoms with Crippen molar-refractivity contribution < 1.29 is 4.79 Å². The summed E-state index contributed by atoms with van der Waals surface area (Å²) in [4.78, 5) is 14.0. The molecule has 1 saturated heterocycles. The smallest absolute Gasteiger partial charge is 0.223 e. The maximum absolute atomic E-state index is 12.1. The number of benzene rings is 1. The van der Waals surface area contributed by atoms with Gasteiger partial charge in [0.1, 0.15) is 0 Å². The molecule has 19 heavy (non-hydrogen) atoms. The summed E-state index contributed by atoms with van der Waals surface area (Å²) in [6, 6.07) is 4.48. The fourth-order valence-electron chi connectivity index (χ4n) is 3.05. The number of carbonyl (C=O) groups is 1. The van der Waals surface area contributed by atoms with Crippen molar-refractivity contribution >= 4 is 5.91 Å². The molecule has 3 nitrogen and oxygen atoms in total. The van der Waals surface area contributed by atoms with E-state index < -0.39 is 0 Å². The van der Waals surface area contributed by atoms with Gasteiger partial charge in [0, 0.05) is 19.0 Å². The van der Waals surface area contributed by atoms with Crippen molar-refractivity contribution in [1.82, 2.24) is 4.90 Å². The zero-order valence-electron chi connectivity index (χ0n) is 12.4. The van der Waals surface area contributed by atoms with Gasteiger partial charge in [-0.1, -0.05) is 12.1 Å². The fraction of sp³-hybridized carbons (Fsp3) is 0.562. The van der Waals surface area contributed by atoms with E-state index in [1.54, 1.807) is 0 Å². The number of nitrogens with two attached hydrogens (primary N) is 1. The second kappa shape index (κ2) is 5.33. The fourth-order valence-corrected chi connectivity index (χ4v) is 3.05. The van der Waals surface area contributed by atoms with E-state index in [0.717, 1.165) is 13.0 Å². The van der Waals surface area contributed by atoms with Crippen molar-refractivity contribution in [2.45, 2.75) is 52.6 Å². The highest BCUT2D eigenvalue weighted by Gasteiger charge is 2.34. The molecule has 1 aliphatic heterocycles. The van der Waals surface area contributed by atoms with Crippen LogP contribution in [0.25, 0.3) is 0 Å². The van der Waals surface area contributed by atoms with Gasteiger partial charge >= 0.3 is 0 Å². The Kier molecular flexibility index (Phi) is 3.95. The first-order chi connectivity index (χ1) is 8.95. The largest absolute Gasteiger partial charge is 0.334 e. The molecule has 2 N–H and O–H groups in total. The minimum Gasteiger partial charge on any atom is -0.334 e. The number of amides is 1. The monoisotopic (exact) mass is 260 g/mol. The maximum atomic E-state index is 12.1. The molecule has 1 aromatic carbocycles. The minimum absolute atomic E-state index is 0.0329. The standard InChI is InChI=1S/C16H24N2O/c1-5-18-15(19)7-6-14(17)16(18)13-9-11(3)10(2)8-12(13)4/h8-9,14,16H,5-7,17H2,1-4H3. The molecule has 0 aliphatic carbocycles. The van der Waals surface area contributed by atoms with E-state index in [0.29, 0.717) is 6.42 Å². The van der Waals surface area contributed by atoms with Crippen LogP contribution in [0, 0.1) is 20.8 Å². The van der Waals surface area contributed by atoms with Crippen LogP contribution in [-0.4, -0.2) is 23.4 Å². The van der Waals surface area contributed by atoms with E-state index in [1.807, 2.05) is 11.8 Å². The van der Waals surface area contributed by atoms with Gasteiger partial charge < -0.3 is 10.6 Å². The Labute approximate surface area is 115 Å². The third-order valence-corrected chi connectivity index (χ3v) is 4.29. The molecule has 0 saturated carbocycles. The molecule has 1 aliphatic rings. The number of carbonyl (C=O) groups excluding carboxylic acids is 1. The normalized spacial score (nSPS) is 23.8. The number of aryl methyl sites for hydroxylation is 3. The van der Waals surface area contributed by atoms with Gasteiger partial charge in [0.05, 0.1) is 6.04 Å². The minimum atomic E-state index is 0.0329. The third-order valence-electron chi connectivity index (χ3n) is 4.29. The van der Waals surface area contributed by atoms with Crippen LogP contribution in [0.2, 0.25) is 0 Å². The molecule has 0 bridgehead atoms.